The Morgan fingerprint density at radius 2 is 1.79 bits per heavy atom. The number of aromatic nitrogens is 1. The van der Waals surface area contributed by atoms with E-state index in [-0.39, 0.29) is 5.92 Å². The molecule has 2 aromatic carbocycles. The number of hydrogen-bond donors (Lipinski definition) is 1. The van der Waals surface area contributed by atoms with Crippen LogP contribution in [-0.2, 0) is 10.0 Å². The summed E-state index contributed by atoms with van der Waals surface area (Å²) in [5, 5.41) is 1.54. The molecule has 0 fully saturated rings. The van der Waals surface area contributed by atoms with Crippen molar-refractivity contribution in [2.24, 2.45) is 5.73 Å². The molecule has 0 saturated heterocycles. The Kier molecular flexibility index (Phi) is 7.36. The number of rotatable bonds is 10. The van der Waals surface area contributed by atoms with Gasteiger partial charge in [0.2, 0.25) is 10.0 Å². The molecule has 5 nitrogen and oxygen atoms in total. The van der Waals surface area contributed by atoms with E-state index < -0.39 is 10.0 Å². The normalized spacial score (nSPS) is 13.1. The van der Waals surface area contributed by atoms with Crippen LogP contribution in [0.2, 0.25) is 0 Å². The van der Waals surface area contributed by atoms with Gasteiger partial charge in [-0.1, -0.05) is 49.4 Å². The topological polar surface area (TPSA) is 76.3 Å². The molecule has 1 atom stereocenters. The minimum atomic E-state index is -3.62. The second kappa shape index (κ2) is 9.96. The fourth-order valence-electron chi connectivity index (χ4n) is 3.53. The van der Waals surface area contributed by atoms with Crippen molar-refractivity contribution in [1.29, 1.82) is 0 Å². The van der Waals surface area contributed by atoms with E-state index in [1.165, 1.54) is 5.56 Å². The molecule has 29 heavy (non-hydrogen) atoms. The van der Waals surface area contributed by atoms with Gasteiger partial charge in [0, 0.05) is 36.3 Å². The summed E-state index contributed by atoms with van der Waals surface area (Å²) < 4.78 is 28.8. The number of pyridine rings is 1. The molecule has 1 heterocycles. The summed E-state index contributed by atoms with van der Waals surface area (Å²) in [6, 6.07) is 17.3. The first-order valence-electron chi connectivity index (χ1n) is 10.1. The molecule has 0 saturated carbocycles. The van der Waals surface area contributed by atoms with Crippen LogP contribution in [-0.4, -0.2) is 37.3 Å². The summed E-state index contributed by atoms with van der Waals surface area (Å²) in [5.74, 6) is 0.278. The van der Waals surface area contributed by atoms with E-state index in [1.54, 1.807) is 34.9 Å². The Morgan fingerprint density at radius 3 is 2.55 bits per heavy atom. The van der Waals surface area contributed by atoms with Gasteiger partial charge in [-0.15, -0.1) is 0 Å². The minimum absolute atomic E-state index is 0.278. The van der Waals surface area contributed by atoms with E-state index in [9.17, 15) is 8.42 Å². The predicted octanol–water partition coefficient (Wildman–Crippen LogP) is 4.16. The molecule has 6 heteroatoms. The number of hydrogen-bond acceptors (Lipinski definition) is 4. The first kappa shape index (κ1) is 21.4. The smallest absolute Gasteiger partial charge is 0.243 e. The lowest BCUT2D eigenvalue weighted by atomic mass is 9.98. The van der Waals surface area contributed by atoms with Crippen molar-refractivity contribution in [1.82, 2.24) is 9.29 Å². The van der Waals surface area contributed by atoms with Gasteiger partial charge < -0.3 is 5.73 Å². The second-order valence-corrected chi connectivity index (χ2v) is 9.26. The summed E-state index contributed by atoms with van der Waals surface area (Å²) in [4.78, 5) is 4.46. The van der Waals surface area contributed by atoms with Gasteiger partial charge in [0.05, 0.1) is 4.90 Å². The van der Waals surface area contributed by atoms with Gasteiger partial charge in [-0.05, 0) is 49.4 Å². The Balaban J connectivity index is 1.86. The van der Waals surface area contributed by atoms with Crippen LogP contribution >= 0.6 is 0 Å². The number of sulfonamides is 1. The average Bonchev–Trinajstić information content (AvgIpc) is 2.76. The molecule has 3 aromatic rings. The SMILES string of the molecule is CC(CCN(CCCCN)S(=O)(=O)c1cccc2cnccc12)c1ccccc1. The molecule has 0 amide bonds. The molecule has 0 aliphatic heterocycles. The third kappa shape index (κ3) is 5.21. The van der Waals surface area contributed by atoms with Crippen LogP contribution < -0.4 is 5.73 Å². The molecule has 1 unspecified atom stereocenters. The summed E-state index contributed by atoms with van der Waals surface area (Å²) in [7, 11) is -3.62. The van der Waals surface area contributed by atoms with E-state index in [4.69, 9.17) is 5.73 Å². The highest BCUT2D eigenvalue weighted by Crippen LogP contribution is 2.27. The number of unbranched alkanes of at least 4 members (excludes halogenated alkanes) is 1. The molecule has 1 aromatic heterocycles. The lowest BCUT2D eigenvalue weighted by molar-refractivity contribution is 0.385. The maximum absolute atomic E-state index is 13.6. The average molecular weight is 412 g/mol. The third-order valence-electron chi connectivity index (χ3n) is 5.30. The van der Waals surface area contributed by atoms with Gasteiger partial charge in [-0.25, -0.2) is 8.42 Å². The van der Waals surface area contributed by atoms with Crippen LogP contribution in [0.5, 0.6) is 0 Å². The van der Waals surface area contributed by atoms with E-state index in [1.807, 2.05) is 24.3 Å². The van der Waals surface area contributed by atoms with Crippen molar-refractivity contribution in [2.45, 2.75) is 37.0 Å². The molecule has 0 aliphatic rings. The standard InChI is InChI=1S/C23H29N3O2S/c1-19(20-8-3-2-4-9-20)13-17-26(16-6-5-14-24)29(27,28)23-11-7-10-21-18-25-15-12-22(21)23/h2-4,7-12,15,18-19H,5-6,13-14,16-17,24H2,1H3. The van der Waals surface area contributed by atoms with E-state index in [2.05, 4.69) is 24.0 Å². The molecule has 3 rings (SSSR count). The first-order valence-corrected chi connectivity index (χ1v) is 11.6. The highest BCUT2D eigenvalue weighted by Gasteiger charge is 2.26. The monoisotopic (exact) mass is 411 g/mol. The number of nitrogens with two attached hydrogens (primary N) is 1. The molecular weight excluding hydrogens is 382 g/mol. The third-order valence-corrected chi connectivity index (χ3v) is 7.26. The molecule has 0 aliphatic carbocycles. The van der Waals surface area contributed by atoms with Crippen molar-refractivity contribution in [2.75, 3.05) is 19.6 Å². The molecular formula is C23H29N3O2S. The lowest BCUT2D eigenvalue weighted by Gasteiger charge is -2.24. The Labute approximate surface area is 173 Å². The highest BCUT2D eigenvalue weighted by atomic mass is 32.2. The van der Waals surface area contributed by atoms with Crippen molar-refractivity contribution in [3.05, 3.63) is 72.6 Å². The minimum Gasteiger partial charge on any atom is -0.330 e. The van der Waals surface area contributed by atoms with Gasteiger partial charge in [-0.2, -0.15) is 4.31 Å². The zero-order chi connectivity index (χ0) is 20.7. The lowest BCUT2D eigenvalue weighted by Crippen LogP contribution is -2.34. The fraction of sp³-hybridized carbons (Fsp3) is 0.348. The number of benzene rings is 2. The maximum atomic E-state index is 13.6. The van der Waals surface area contributed by atoms with Crippen LogP contribution in [0.3, 0.4) is 0 Å². The predicted molar refractivity (Wildman–Crippen MR) is 118 cm³/mol. The Bertz CT molecular complexity index is 1020. The van der Waals surface area contributed by atoms with Crippen LogP contribution in [0.1, 0.15) is 37.7 Å². The first-order chi connectivity index (χ1) is 14.0. The number of fused-ring (bicyclic) bond motifs is 1. The van der Waals surface area contributed by atoms with Gasteiger partial charge in [0.15, 0.2) is 0 Å². The van der Waals surface area contributed by atoms with E-state index in [0.717, 1.165) is 24.6 Å². The molecule has 2 N–H and O–H groups in total. The summed E-state index contributed by atoms with van der Waals surface area (Å²) in [6.45, 7) is 3.66. The van der Waals surface area contributed by atoms with Gasteiger partial charge in [0.25, 0.3) is 0 Å². The fourth-order valence-corrected chi connectivity index (χ4v) is 5.24. The van der Waals surface area contributed by atoms with Crippen LogP contribution in [0.25, 0.3) is 10.8 Å². The van der Waals surface area contributed by atoms with Crippen LogP contribution in [0.4, 0.5) is 0 Å². The van der Waals surface area contributed by atoms with Crippen molar-refractivity contribution >= 4 is 20.8 Å². The van der Waals surface area contributed by atoms with Gasteiger partial charge in [0.1, 0.15) is 0 Å². The van der Waals surface area contributed by atoms with E-state index in [0.29, 0.717) is 29.9 Å². The van der Waals surface area contributed by atoms with Crippen molar-refractivity contribution < 1.29 is 8.42 Å². The Hall–Kier alpha value is -2.28. The largest absolute Gasteiger partial charge is 0.330 e. The Morgan fingerprint density at radius 1 is 1.00 bits per heavy atom. The van der Waals surface area contributed by atoms with E-state index >= 15 is 0 Å². The van der Waals surface area contributed by atoms with Crippen molar-refractivity contribution in [3.8, 4) is 0 Å². The van der Waals surface area contributed by atoms with Gasteiger partial charge >= 0.3 is 0 Å². The molecule has 0 spiro atoms. The van der Waals surface area contributed by atoms with Crippen LogP contribution in [0, 0.1) is 0 Å². The quantitative estimate of drug-likeness (QED) is 0.508. The van der Waals surface area contributed by atoms with Crippen LogP contribution in [0.15, 0.2) is 71.9 Å². The molecule has 154 valence electrons. The zero-order valence-electron chi connectivity index (χ0n) is 16.9. The van der Waals surface area contributed by atoms with Gasteiger partial charge in [-0.3, -0.25) is 4.98 Å². The molecule has 0 bridgehead atoms. The summed E-state index contributed by atoms with van der Waals surface area (Å²) in [6.07, 6.45) is 5.65. The zero-order valence-corrected chi connectivity index (χ0v) is 17.7. The number of nitrogens with zero attached hydrogens (tertiary/aromatic N) is 2. The second-order valence-electron chi connectivity index (χ2n) is 7.35. The summed E-state index contributed by atoms with van der Waals surface area (Å²) >= 11 is 0. The van der Waals surface area contributed by atoms with Crippen molar-refractivity contribution in [3.63, 3.8) is 0 Å². The maximum Gasteiger partial charge on any atom is 0.243 e. The molecule has 0 radical (unpaired) electrons. The summed E-state index contributed by atoms with van der Waals surface area (Å²) in [5.41, 5.74) is 6.86. The highest BCUT2D eigenvalue weighted by molar-refractivity contribution is 7.89.